The third-order valence-corrected chi connectivity index (χ3v) is 3.32. The molecule has 9 heteroatoms. The molecule has 1 aliphatic heterocycles. The van der Waals surface area contributed by atoms with Crippen LogP contribution in [0.25, 0.3) is 0 Å². The minimum atomic E-state index is -0.829. The monoisotopic (exact) mass is 321 g/mol. The first-order valence-corrected chi connectivity index (χ1v) is 6.86. The number of amides is 3. The number of ether oxygens (including phenoxy) is 1. The third kappa shape index (κ3) is 3.34. The Bertz CT molecular complexity index is 672. The lowest BCUT2D eigenvalue weighted by Gasteiger charge is -2.13. The fourth-order valence-corrected chi connectivity index (χ4v) is 2.26. The van der Waals surface area contributed by atoms with E-state index in [9.17, 15) is 24.5 Å². The highest BCUT2D eigenvalue weighted by Gasteiger charge is 2.41. The molecule has 0 aliphatic carbocycles. The third-order valence-electron chi connectivity index (χ3n) is 3.32. The van der Waals surface area contributed by atoms with Gasteiger partial charge in [0.2, 0.25) is 5.91 Å². The standard InChI is InChI=1S/C14H15N3O6/c1-23-7-3-6-15-11(18)8-16-13(19)9-4-2-5-10(17(21)22)12(9)14(16)20/h2,4-5H,3,6-8H2,1H3,(H,15,18). The molecule has 0 radical (unpaired) electrons. The van der Waals surface area contributed by atoms with E-state index >= 15 is 0 Å². The van der Waals surface area contributed by atoms with Crippen molar-refractivity contribution in [3.63, 3.8) is 0 Å². The van der Waals surface area contributed by atoms with Crippen LogP contribution in [0.5, 0.6) is 0 Å². The second-order valence-corrected chi connectivity index (χ2v) is 4.85. The molecule has 1 aromatic carbocycles. The van der Waals surface area contributed by atoms with Crippen molar-refractivity contribution in [1.82, 2.24) is 10.2 Å². The maximum Gasteiger partial charge on any atom is 0.282 e. The average molecular weight is 321 g/mol. The molecule has 0 fully saturated rings. The molecular formula is C14H15N3O6. The van der Waals surface area contributed by atoms with Gasteiger partial charge in [0.25, 0.3) is 17.5 Å². The van der Waals surface area contributed by atoms with Gasteiger partial charge in [0.05, 0.1) is 10.5 Å². The van der Waals surface area contributed by atoms with Gasteiger partial charge in [-0.1, -0.05) is 6.07 Å². The molecule has 9 nitrogen and oxygen atoms in total. The molecule has 0 bridgehead atoms. The zero-order valence-corrected chi connectivity index (χ0v) is 12.4. The van der Waals surface area contributed by atoms with Crippen LogP contribution in [0.4, 0.5) is 5.69 Å². The summed E-state index contributed by atoms with van der Waals surface area (Å²) in [4.78, 5) is 47.2. The number of nitrogens with zero attached hydrogens (tertiary/aromatic N) is 2. The van der Waals surface area contributed by atoms with Gasteiger partial charge in [-0.3, -0.25) is 29.4 Å². The predicted molar refractivity (Wildman–Crippen MR) is 78.0 cm³/mol. The summed E-state index contributed by atoms with van der Waals surface area (Å²) >= 11 is 0. The Labute approximate surface area is 131 Å². The van der Waals surface area contributed by atoms with Crippen molar-refractivity contribution >= 4 is 23.4 Å². The molecule has 1 heterocycles. The topological polar surface area (TPSA) is 119 Å². The summed E-state index contributed by atoms with van der Waals surface area (Å²) in [5.41, 5.74) is -0.769. The van der Waals surface area contributed by atoms with E-state index in [1.807, 2.05) is 0 Å². The Morgan fingerprint density at radius 2 is 2.09 bits per heavy atom. The first-order chi connectivity index (χ1) is 11.0. The van der Waals surface area contributed by atoms with Crippen molar-refractivity contribution in [2.45, 2.75) is 6.42 Å². The minimum absolute atomic E-state index is 0.0589. The largest absolute Gasteiger partial charge is 0.385 e. The van der Waals surface area contributed by atoms with E-state index in [1.165, 1.54) is 19.2 Å². The van der Waals surface area contributed by atoms with E-state index < -0.39 is 34.9 Å². The Morgan fingerprint density at radius 3 is 2.74 bits per heavy atom. The molecule has 23 heavy (non-hydrogen) atoms. The van der Waals surface area contributed by atoms with Crippen LogP contribution in [0.1, 0.15) is 27.1 Å². The van der Waals surface area contributed by atoms with Gasteiger partial charge in [-0.25, -0.2) is 0 Å². The Balaban J connectivity index is 2.10. The number of nitrogens with one attached hydrogen (secondary N) is 1. The molecule has 1 aromatic rings. The van der Waals surface area contributed by atoms with Gasteiger partial charge >= 0.3 is 0 Å². The highest BCUT2D eigenvalue weighted by atomic mass is 16.6. The Hall–Kier alpha value is -2.81. The normalized spacial score (nSPS) is 13.2. The summed E-state index contributed by atoms with van der Waals surface area (Å²) in [6.07, 6.45) is 0.593. The number of methoxy groups -OCH3 is 1. The summed E-state index contributed by atoms with van der Waals surface area (Å²) in [7, 11) is 1.54. The van der Waals surface area contributed by atoms with Crippen LogP contribution in [0.3, 0.4) is 0 Å². The van der Waals surface area contributed by atoms with Gasteiger partial charge in [0.1, 0.15) is 12.1 Å². The second kappa shape index (κ2) is 6.97. The Kier molecular flexibility index (Phi) is 5.02. The molecule has 0 atom stereocenters. The molecule has 0 aromatic heterocycles. The van der Waals surface area contributed by atoms with Gasteiger partial charge in [0, 0.05) is 26.3 Å². The summed E-state index contributed by atoms with van der Waals surface area (Å²) in [6.45, 7) is 0.339. The quantitative estimate of drug-likeness (QED) is 0.335. The number of rotatable bonds is 7. The number of hydrogen-bond acceptors (Lipinski definition) is 6. The minimum Gasteiger partial charge on any atom is -0.385 e. The summed E-state index contributed by atoms with van der Waals surface area (Å²) in [5, 5.41) is 13.5. The molecule has 0 spiro atoms. The lowest BCUT2D eigenvalue weighted by Crippen LogP contribution is -2.40. The van der Waals surface area contributed by atoms with E-state index in [2.05, 4.69) is 5.32 Å². The number of nitro benzene ring substituents is 1. The van der Waals surface area contributed by atoms with Crippen molar-refractivity contribution in [2.24, 2.45) is 0 Å². The maximum absolute atomic E-state index is 12.2. The van der Waals surface area contributed by atoms with Crippen LogP contribution in [0.15, 0.2) is 18.2 Å². The number of nitro groups is 1. The van der Waals surface area contributed by atoms with Crippen LogP contribution in [0, 0.1) is 10.1 Å². The fraction of sp³-hybridized carbons (Fsp3) is 0.357. The van der Waals surface area contributed by atoms with E-state index in [1.54, 1.807) is 0 Å². The van der Waals surface area contributed by atoms with Gasteiger partial charge in [-0.15, -0.1) is 0 Å². The predicted octanol–water partition coefficient (Wildman–Crippen LogP) is 0.344. The number of hydrogen-bond donors (Lipinski definition) is 1. The van der Waals surface area contributed by atoms with Crippen LogP contribution in [0.2, 0.25) is 0 Å². The number of carbonyl (C=O) groups excluding carboxylic acids is 3. The van der Waals surface area contributed by atoms with Crippen LogP contribution in [-0.2, 0) is 9.53 Å². The number of fused-ring (bicyclic) bond motifs is 1. The van der Waals surface area contributed by atoms with E-state index in [4.69, 9.17) is 4.74 Å². The van der Waals surface area contributed by atoms with Gasteiger partial charge in [-0.05, 0) is 12.5 Å². The molecule has 0 saturated carbocycles. The van der Waals surface area contributed by atoms with Crippen molar-refractivity contribution in [1.29, 1.82) is 0 Å². The number of imide groups is 1. The molecule has 0 unspecified atom stereocenters. The van der Waals surface area contributed by atoms with Crippen molar-refractivity contribution < 1.29 is 24.0 Å². The molecule has 122 valence electrons. The summed E-state index contributed by atoms with van der Waals surface area (Å²) < 4.78 is 4.84. The van der Waals surface area contributed by atoms with Crippen molar-refractivity contribution in [2.75, 3.05) is 26.8 Å². The average Bonchev–Trinajstić information content (AvgIpc) is 2.76. The number of benzene rings is 1. The molecule has 1 N–H and O–H groups in total. The van der Waals surface area contributed by atoms with E-state index in [0.717, 1.165) is 6.07 Å². The first kappa shape index (κ1) is 16.6. The zero-order valence-electron chi connectivity index (χ0n) is 12.4. The fourth-order valence-electron chi connectivity index (χ4n) is 2.26. The van der Waals surface area contributed by atoms with Gasteiger partial charge in [0.15, 0.2) is 0 Å². The molecule has 3 amide bonds. The molecule has 1 aliphatic rings. The Morgan fingerprint density at radius 1 is 1.35 bits per heavy atom. The first-order valence-electron chi connectivity index (χ1n) is 6.86. The van der Waals surface area contributed by atoms with Crippen molar-refractivity contribution in [3.05, 3.63) is 39.4 Å². The van der Waals surface area contributed by atoms with Crippen LogP contribution in [-0.4, -0.2) is 54.4 Å². The zero-order chi connectivity index (χ0) is 17.0. The summed E-state index contributed by atoms with van der Waals surface area (Å²) in [5.74, 6) is -2.05. The van der Waals surface area contributed by atoms with E-state index in [0.29, 0.717) is 24.5 Å². The van der Waals surface area contributed by atoms with E-state index in [-0.39, 0.29) is 11.1 Å². The molecule has 0 saturated heterocycles. The highest BCUT2D eigenvalue weighted by molar-refractivity contribution is 6.24. The lowest BCUT2D eigenvalue weighted by atomic mass is 10.1. The molecular weight excluding hydrogens is 306 g/mol. The molecule has 2 rings (SSSR count). The highest BCUT2D eigenvalue weighted by Crippen LogP contribution is 2.30. The second-order valence-electron chi connectivity index (χ2n) is 4.85. The number of carbonyl (C=O) groups is 3. The SMILES string of the molecule is COCCCNC(=O)CN1C(=O)c2cccc([N+](=O)[O-])c2C1=O. The van der Waals surface area contributed by atoms with Gasteiger partial charge in [-0.2, -0.15) is 0 Å². The van der Waals surface area contributed by atoms with Crippen LogP contribution < -0.4 is 5.32 Å². The smallest absolute Gasteiger partial charge is 0.282 e. The van der Waals surface area contributed by atoms with Crippen molar-refractivity contribution in [3.8, 4) is 0 Å². The van der Waals surface area contributed by atoms with Gasteiger partial charge < -0.3 is 10.1 Å². The lowest BCUT2D eigenvalue weighted by molar-refractivity contribution is -0.385. The van der Waals surface area contributed by atoms with Crippen LogP contribution >= 0.6 is 0 Å². The summed E-state index contributed by atoms with van der Waals surface area (Å²) in [6, 6.07) is 3.81. The maximum atomic E-state index is 12.2.